The number of fused-ring (bicyclic) bond motifs is 7. The van der Waals surface area contributed by atoms with E-state index in [0.29, 0.717) is 0 Å². The summed E-state index contributed by atoms with van der Waals surface area (Å²) in [5.74, 6) is 0. The summed E-state index contributed by atoms with van der Waals surface area (Å²) in [5.41, 5.74) is 1.22. The fourth-order valence-corrected chi connectivity index (χ4v) is 5.44. The van der Waals surface area contributed by atoms with E-state index >= 15 is 0 Å². The van der Waals surface area contributed by atoms with Crippen LogP contribution in [-0.2, 0) is 0 Å². The Morgan fingerprint density at radius 3 is 1.53 bits per heavy atom. The van der Waals surface area contributed by atoms with Crippen LogP contribution in [-0.4, -0.2) is 6.54 Å². The van der Waals surface area contributed by atoms with Crippen molar-refractivity contribution in [1.29, 1.82) is 0 Å². The maximum Gasteiger partial charge on any atom is 0.0420 e. The monoisotopic (exact) mass is 435 g/mol. The Labute approximate surface area is 198 Å². The van der Waals surface area contributed by atoms with Gasteiger partial charge in [0.25, 0.3) is 0 Å². The Kier molecular flexibility index (Phi) is 4.25. The molecule has 0 aliphatic carbocycles. The van der Waals surface area contributed by atoms with Crippen molar-refractivity contribution in [2.24, 2.45) is 0 Å². The molecule has 0 aliphatic rings. The lowest BCUT2D eigenvalue weighted by atomic mass is 9.94. The zero-order valence-corrected chi connectivity index (χ0v) is 19.2. The second-order valence-corrected chi connectivity index (χ2v) is 9.41. The molecule has 0 aliphatic heterocycles. The van der Waals surface area contributed by atoms with E-state index in [1.807, 2.05) is 0 Å². The summed E-state index contributed by atoms with van der Waals surface area (Å²) in [7, 11) is 0. The molecule has 0 bridgehead atoms. The molecule has 1 N–H and O–H groups in total. The minimum absolute atomic E-state index is 0.987. The lowest BCUT2D eigenvalue weighted by Gasteiger charge is -2.12. The number of hydrogen-bond acceptors (Lipinski definition) is 1. The molecule has 0 unspecified atom stereocenters. The van der Waals surface area contributed by atoms with Crippen molar-refractivity contribution < 1.29 is 0 Å². The van der Waals surface area contributed by atoms with E-state index < -0.39 is 0 Å². The van der Waals surface area contributed by atoms with Crippen LogP contribution < -0.4 is 5.32 Å². The van der Waals surface area contributed by atoms with Gasteiger partial charge < -0.3 is 5.32 Å². The molecule has 0 atom stereocenters. The SMILES string of the molecule is CCCNc1cccc2cc3cc4ccc5cc6cc7ccccc7cc6cc5c4cc3cc12. The van der Waals surface area contributed by atoms with Gasteiger partial charge in [-0.2, -0.15) is 0 Å². The van der Waals surface area contributed by atoms with Crippen LogP contribution >= 0.6 is 0 Å². The van der Waals surface area contributed by atoms with Gasteiger partial charge in [0, 0.05) is 17.6 Å². The fourth-order valence-electron chi connectivity index (χ4n) is 5.44. The quantitative estimate of drug-likeness (QED) is 0.215. The molecule has 1 heteroatoms. The summed E-state index contributed by atoms with van der Waals surface area (Å²) in [6.07, 6.45) is 1.11. The Hall–Kier alpha value is -4.10. The third kappa shape index (κ3) is 3.01. The molecule has 0 heterocycles. The Balaban J connectivity index is 1.51. The molecule has 0 radical (unpaired) electrons. The Bertz CT molecular complexity index is 1900. The summed E-state index contributed by atoms with van der Waals surface area (Å²) < 4.78 is 0. The molecule has 0 fully saturated rings. The van der Waals surface area contributed by atoms with Crippen LogP contribution in [0.1, 0.15) is 13.3 Å². The zero-order valence-electron chi connectivity index (χ0n) is 19.2. The van der Waals surface area contributed by atoms with Crippen molar-refractivity contribution in [3.8, 4) is 0 Å². The number of benzene rings is 7. The van der Waals surface area contributed by atoms with Crippen molar-refractivity contribution >= 4 is 70.3 Å². The molecule has 0 amide bonds. The number of nitrogens with one attached hydrogen (secondary N) is 1. The lowest BCUT2D eigenvalue weighted by Crippen LogP contribution is -1.99. The van der Waals surface area contributed by atoms with Crippen molar-refractivity contribution in [3.05, 3.63) is 103 Å². The Morgan fingerprint density at radius 1 is 0.441 bits per heavy atom. The largest absolute Gasteiger partial charge is 0.385 e. The van der Waals surface area contributed by atoms with Gasteiger partial charge in [0.05, 0.1) is 0 Å². The van der Waals surface area contributed by atoms with Gasteiger partial charge in [-0.25, -0.2) is 0 Å². The normalized spacial score (nSPS) is 11.9. The van der Waals surface area contributed by atoms with Gasteiger partial charge in [-0.05, 0) is 120 Å². The fraction of sp³-hybridized carbons (Fsp3) is 0.0909. The van der Waals surface area contributed by atoms with Crippen LogP contribution in [0, 0.1) is 0 Å². The smallest absolute Gasteiger partial charge is 0.0420 e. The first-order chi connectivity index (χ1) is 16.8. The van der Waals surface area contributed by atoms with Gasteiger partial charge >= 0.3 is 0 Å². The molecule has 0 aromatic heterocycles. The third-order valence-electron chi connectivity index (χ3n) is 7.18. The van der Waals surface area contributed by atoms with Gasteiger partial charge in [-0.3, -0.25) is 0 Å². The number of rotatable bonds is 3. The molecule has 7 rings (SSSR count). The van der Waals surface area contributed by atoms with Crippen LogP contribution in [0.5, 0.6) is 0 Å². The molecule has 7 aromatic carbocycles. The molecule has 162 valence electrons. The van der Waals surface area contributed by atoms with Crippen LogP contribution in [0.3, 0.4) is 0 Å². The van der Waals surface area contributed by atoms with E-state index in [4.69, 9.17) is 0 Å². The van der Waals surface area contributed by atoms with E-state index in [-0.39, 0.29) is 0 Å². The van der Waals surface area contributed by atoms with Crippen LogP contribution in [0.25, 0.3) is 64.6 Å². The van der Waals surface area contributed by atoms with Gasteiger partial charge in [-0.15, -0.1) is 0 Å². The third-order valence-corrected chi connectivity index (χ3v) is 7.18. The first kappa shape index (κ1) is 19.4. The maximum atomic E-state index is 3.60. The topological polar surface area (TPSA) is 12.0 Å². The van der Waals surface area contributed by atoms with E-state index in [0.717, 1.165) is 13.0 Å². The van der Waals surface area contributed by atoms with Crippen molar-refractivity contribution in [3.63, 3.8) is 0 Å². The summed E-state index contributed by atoms with van der Waals surface area (Å²) in [4.78, 5) is 0. The first-order valence-electron chi connectivity index (χ1n) is 12.2. The molecular weight excluding hydrogens is 410 g/mol. The second kappa shape index (κ2) is 7.46. The lowest BCUT2D eigenvalue weighted by molar-refractivity contribution is 0.981. The number of hydrogen-bond donors (Lipinski definition) is 1. The van der Waals surface area contributed by atoms with E-state index in [2.05, 4.69) is 115 Å². The Morgan fingerprint density at radius 2 is 0.912 bits per heavy atom. The average Bonchev–Trinajstić information content (AvgIpc) is 2.87. The summed E-state index contributed by atoms with van der Waals surface area (Å²) in [6, 6.07) is 38.5. The highest BCUT2D eigenvalue weighted by Gasteiger charge is 2.08. The highest BCUT2D eigenvalue weighted by molar-refractivity contribution is 6.17. The zero-order chi connectivity index (χ0) is 22.6. The minimum atomic E-state index is 0.987. The van der Waals surface area contributed by atoms with Crippen molar-refractivity contribution in [1.82, 2.24) is 0 Å². The highest BCUT2D eigenvalue weighted by atomic mass is 14.9. The molecular formula is C33H25N. The van der Waals surface area contributed by atoms with Crippen molar-refractivity contribution in [2.45, 2.75) is 13.3 Å². The van der Waals surface area contributed by atoms with Gasteiger partial charge in [-0.1, -0.05) is 55.5 Å². The summed E-state index contributed by atoms with van der Waals surface area (Å²) in [6.45, 7) is 3.19. The standard InChI is InChI=1S/C33H25N/c1-2-12-34-33-9-5-8-23-15-27-17-25-11-10-24-16-26-13-21-6-3-4-7-22(21)14-28(26)18-30(24)31(25)19-29(27)20-32(23)33/h3-11,13-20,34H,2,12H2,1H3. The molecule has 0 saturated heterocycles. The van der Waals surface area contributed by atoms with Crippen LogP contribution in [0.15, 0.2) is 103 Å². The second-order valence-electron chi connectivity index (χ2n) is 9.41. The predicted molar refractivity (Wildman–Crippen MR) is 150 cm³/mol. The minimum Gasteiger partial charge on any atom is -0.385 e. The molecule has 1 nitrogen and oxygen atoms in total. The average molecular weight is 436 g/mol. The molecule has 34 heavy (non-hydrogen) atoms. The maximum absolute atomic E-state index is 3.60. The van der Waals surface area contributed by atoms with Crippen molar-refractivity contribution in [2.75, 3.05) is 11.9 Å². The van der Waals surface area contributed by atoms with Gasteiger partial charge in [0.2, 0.25) is 0 Å². The molecule has 0 saturated carbocycles. The predicted octanol–water partition coefficient (Wildman–Crippen LogP) is 9.43. The molecule has 7 aromatic rings. The van der Waals surface area contributed by atoms with E-state index in [1.165, 1.54) is 70.3 Å². The van der Waals surface area contributed by atoms with Gasteiger partial charge in [0.1, 0.15) is 0 Å². The highest BCUT2D eigenvalue weighted by Crippen LogP contribution is 2.36. The summed E-state index contributed by atoms with van der Waals surface area (Å²) in [5, 5.41) is 19.2. The van der Waals surface area contributed by atoms with E-state index in [1.54, 1.807) is 0 Å². The van der Waals surface area contributed by atoms with E-state index in [9.17, 15) is 0 Å². The van der Waals surface area contributed by atoms with Crippen LogP contribution in [0.4, 0.5) is 5.69 Å². The van der Waals surface area contributed by atoms with Gasteiger partial charge in [0.15, 0.2) is 0 Å². The first-order valence-corrected chi connectivity index (χ1v) is 12.2. The summed E-state index contributed by atoms with van der Waals surface area (Å²) >= 11 is 0. The molecule has 0 spiro atoms. The number of anilines is 1. The van der Waals surface area contributed by atoms with Crippen LogP contribution in [0.2, 0.25) is 0 Å².